The molecule has 4 aliphatic rings. The second-order valence-corrected chi connectivity index (χ2v) is 7.68. The van der Waals surface area contributed by atoms with Gasteiger partial charge in [-0.3, -0.25) is 0 Å². The molecule has 2 N–H and O–H groups in total. The van der Waals surface area contributed by atoms with Crippen LogP contribution in [0.3, 0.4) is 0 Å². The molecule has 0 aromatic carbocycles. The van der Waals surface area contributed by atoms with Crippen molar-refractivity contribution in [2.75, 3.05) is 13.2 Å². The van der Waals surface area contributed by atoms with Crippen molar-refractivity contribution in [1.82, 2.24) is 0 Å². The third kappa shape index (κ3) is 2.40. The highest BCUT2D eigenvalue weighted by molar-refractivity contribution is 5.15. The molecule has 4 heteroatoms. The molecule has 22 heavy (non-hydrogen) atoms. The van der Waals surface area contributed by atoms with E-state index in [9.17, 15) is 10.2 Å². The Morgan fingerprint density at radius 3 is 2.59 bits per heavy atom. The monoisotopic (exact) mass is 308 g/mol. The minimum atomic E-state index is -0.440. The van der Waals surface area contributed by atoms with Crippen LogP contribution in [0.25, 0.3) is 0 Å². The number of ether oxygens (including phenoxy) is 2. The van der Waals surface area contributed by atoms with Gasteiger partial charge in [0.2, 0.25) is 0 Å². The summed E-state index contributed by atoms with van der Waals surface area (Å²) in [6.07, 6.45) is 10.7. The van der Waals surface area contributed by atoms with E-state index in [0.717, 1.165) is 25.2 Å². The van der Waals surface area contributed by atoms with Crippen LogP contribution in [0, 0.1) is 23.7 Å². The first-order chi connectivity index (χ1) is 10.7. The van der Waals surface area contributed by atoms with Crippen LogP contribution in [0.2, 0.25) is 0 Å². The van der Waals surface area contributed by atoms with Gasteiger partial charge in [0.15, 0.2) is 5.79 Å². The average Bonchev–Trinajstić information content (AvgIpc) is 3.12. The van der Waals surface area contributed by atoms with Crippen molar-refractivity contribution in [3.63, 3.8) is 0 Å². The molecule has 1 aliphatic heterocycles. The fourth-order valence-electron chi connectivity index (χ4n) is 5.17. The van der Waals surface area contributed by atoms with Crippen molar-refractivity contribution in [2.45, 2.75) is 63.3 Å². The van der Waals surface area contributed by atoms with Gasteiger partial charge >= 0.3 is 0 Å². The van der Waals surface area contributed by atoms with E-state index >= 15 is 0 Å². The van der Waals surface area contributed by atoms with E-state index in [4.69, 9.17) is 9.47 Å². The molecular formula is C18H28O4. The molecular weight excluding hydrogens is 280 g/mol. The van der Waals surface area contributed by atoms with Gasteiger partial charge in [0.1, 0.15) is 0 Å². The van der Waals surface area contributed by atoms with Gasteiger partial charge in [-0.05, 0) is 30.8 Å². The van der Waals surface area contributed by atoms with E-state index in [1.807, 2.05) is 6.08 Å². The largest absolute Gasteiger partial charge is 0.512 e. The highest BCUT2D eigenvalue weighted by Crippen LogP contribution is 2.60. The lowest BCUT2D eigenvalue weighted by atomic mass is 9.69. The zero-order valence-electron chi connectivity index (χ0n) is 13.2. The smallest absolute Gasteiger partial charge is 0.172 e. The van der Waals surface area contributed by atoms with Crippen LogP contribution in [0.5, 0.6) is 0 Å². The van der Waals surface area contributed by atoms with Crippen molar-refractivity contribution in [2.24, 2.45) is 23.7 Å². The minimum Gasteiger partial charge on any atom is -0.512 e. The fourth-order valence-corrected chi connectivity index (χ4v) is 5.17. The lowest BCUT2D eigenvalue weighted by molar-refractivity contribution is -0.275. The Bertz CT molecular complexity index is 434. The second-order valence-electron chi connectivity index (χ2n) is 7.68. The molecule has 124 valence electrons. The fraction of sp³-hybridized carbons (Fsp3) is 0.889. The molecule has 4 atom stereocenters. The number of aliphatic hydroxyl groups excluding tert-OH is 2. The standard InChI is InChI=1S/C18H28O4/c19-16(7-6-12-4-2-1-3-5-12)13-10-15-14(17(13)20)11-18(15)21-8-9-22-18/h7,12-15,17,19-20H,1-6,8-11H2/t13-,14-,15+,17?/m1/s1. The molecule has 0 amide bonds. The number of allylic oxidation sites excluding steroid dienone is 1. The Kier molecular flexibility index (Phi) is 3.95. The van der Waals surface area contributed by atoms with Crippen LogP contribution in [0.15, 0.2) is 11.8 Å². The molecule has 0 aromatic rings. The summed E-state index contributed by atoms with van der Waals surface area (Å²) in [5, 5.41) is 21.0. The first-order valence-corrected chi connectivity index (χ1v) is 9.04. The van der Waals surface area contributed by atoms with Crippen LogP contribution < -0.4 is 0 Å². The number of hydrogen-bond acceptors (Lipinski definition) is 4. The van der Waals surface area contributed by atoms with Crippen molar-refractivity contribution >= 4 is 0 Å². The van der Waals surface area contributed by atoms with Crippen LogP contribution in [-0.4, -0.2) is 35.3 Å². The lowest BCUT2D eigenvalue weighted by Gasteiger charge is -2.48. The predicted molar refractivity (Wildman–Crippen MR) is 82.2 cm³/mol. The molecule has 4 rings (SSSR count). The van der Waals surface area contributed by atoms with Crippen molar-refractivity contribution < 1.29 is 19.7 Å². The Labute approximate surface area is 132 Å². The molecule has 3 saturated carbocycles. The SMILES string of the molecule is OC(=CCC1CCCCC1)[C@H]1C[C@H]2[C@@H](CC23OCCO3)C1O. The first-order valence-electron chi connectivity index (χ1n) is 9.04. The summed E-state index contributed by atoms with van der Waals surface area (Å²) >= 11 is 0. The van der Waals surface area contributed by atoms with Gasteiger partial charge in [-0.25, -0.2) is 0 Å². The molecule has 0 bridgehead atoms. The van der Waals surface area contributed by atoms with E-state index in [2.05, 4.69) is 0 Å². The van der Waals surface area contributed by atoms with Gasteiger partial charge in [-0.15, -0.1) is 0 Å². The van der Waals surface area contributed by atoms with Crippen LogP contribution >= 0.6 is 0 Å². The summed E-state index contributed by atoms with van der Waals surface area (Å²) in [6.45, 7) is 1.32. The molecule has 4 fully saturated rings. The van der Waals surface area contributed by atoms with E-state index < -0.39 is 11.9 Å². The van der Waals surface area contributed by atoms with Crippen molar-refractivity contribution in [3.05, 3.63) is 11.8 Å². The van der Waals surface area contributed by atoms with E-state index in [1.165, 1.54) is 32.1 Å². The van der Waals surface area contributed by atoms with Gasteiger partial charge in [0.25, 0.3) is 0 Å². The Hall–Kier alpha value is -0.580. The summed E-state index contributed by atoms with van der Waals surface area (Å²) in [4.78, 5) is 0. The molecule has 0 radical (unpaired) electrons. The van der Waals surface area contributed by atoms with Crippen molar-refractivity contribution in [1.29, 1.82) is 0 Å². The van der Waals surface area contributed by atoms with Gasteiger partial charge in [0.05, 0.1) is 25.1 Å². The third-order valence-electron chi connectivity index (χ3n) is 6.50. The summed E-state index contributed by atoms with van der Waals surface area (Å²) in [7, 11) is 0. The average molecular weight is 308 g/mol. The molecule has 0 aromatic heterocycles. The maximum Gasteiger partial charge on any atom is 0.172 e. The highest BCUT2D eigenvalue weighted by atomic mass is 16.7. The molecule has 1 spiro atoms. The Morgan fingerprint density at radius 2 is 1.86 bits per heavy atom. The first kappa shape index (κ1) is 15.0. The third-order valence-corrected chi connectivity index (χ3v) is 6.50. The van der Waals surface area contributed by atoms with Gasteiger partial charge in [-0.1, -0.05) is 32.1 Å². The summed E-state index contributed by atoms with van der Waals surface area (Å²) in [5.74, 6) is 1.04. The normalized spacial score (nSPS) is 41.6. The van der Waals surface area contributed by atoms with Gasteiger partial charge in [-0.2, -0.15) is 0 Å². The summed E-state index contributed by atoms with van der Waals surface area (Å²) in [5.41, 5.74) is 0. The van der Waals surface area contributed by atoms with Crippen LogP contribution in [0.4, 0.5) is 0 Å². The summed E-state index contributed by atoms with van der Waals surface area (Å²) in [6, 6.07) is 0. The predicted octanol–water partition coefficient (Wildman–Crippen LogP) is 3.16. The van der Waals surface area contributed by atoms with Crippen molar-refractivity contribution in [3.8, 4) is 0 Å². The molecule has 1 unspecified atom stereocenters. The van der Waals surface area contributed by atoms with E-state index in [0.29, 0.717) is 19.0 Å². The van der Waals surface area contributed by atoms with E-state index in [-0.39, 0.29) is 17.8 Å². The van der Waals surface area contributed by atoms with Gasteiger partial charge < -0.3 is 19.7 Å². The number of hydrogen-bond donors (Lipinski definition) is 2. The zero-order valence-corrected chi connectivity index (χ0v) is 13.2. The maximum atomic E-state index is 10.5. The zero-order chi connectivity index (χ0) is 15.2. The number of fused-ring (bicyclic) bond motifs is 2. The Balaban J connectivity index is 1.38. The molecule has 4 nitrogen and oxygen atoms in total. The quantitative estimate of drug-likeness (QED) is 0.786. The number of rotatable bonds is 3. The topological polar surface area (TPSA) is 58.9 Å². The minimum absolute atomic E-state index is 0.120. The lowest BCUT2D eigenvalue weighted by Crippen LogP contribution is -2.54. The second kappa shape index (κ2) is 5.81. The molecule has 1 saturated heterocycles. The Morgan fingerprint density at radius 1 is 1.14 bits per heavy atom. The molecule has 3 aliphatic carbocycles. The highest BCUT2D eigenvalue weighted by Gasteiger charge is 2.65. The van der Waals surface area contributed by atoms with E-state index in [1.54, 1.807) is 0 Å². The van der Waals surface area contributed by atoms with Gasteiger partial charge in [0, 0.05) is 18.3 Å². The summed E-state index contributed by atoms with van der Waals surface area (Å²) < 4.78 is 11.6. The maximum absolute atomic E-state index is 10.5. The van der Waals surface area contributed by atoms with Crippen LogP contribution in [-0.2, 0) is 9.47 Å². The number of aliphatic hydroxyl groups is 2. The molecule has 1 heterocycles. The van der Waals surface area contributed by atoms with Crippen LogP contribution in [0.1, 0.15) is 51.4 Å².